The Bertz CT molecular complexity index is 561. The van der Waals surface area contributed by atoms with Crippen LogP contribution < -0.4 is 11.2 Å². The zero-order valence-corrected chi connectivity index (χ0v) is 9.83. The average Bonchev–Trinajstić information content (AvgIpc) is 2.73. The first-order chi connectivity index (χ1) is 8.52. The number of aliphatic hydroxyl groups excluding tert-OH is 1. The summed E-state index contributed by atoms with van der Waals surface area (Å²) in [7, 11) is 0. The average molecular weight is 254 g/mol. The molecule has 18 heavy (non-hydrogen) atoms. The van der Waals surface area contributed by atoms with Gasteiger partial charge in [-0.3, -0.25) is 19.1 Å². The molecule has 0 aliphatic carbocycles. The van der Waals surface area contributed by atoms with Gasteiger partial charge < -0.3 is 9.84 Å². The molecule has 1 aromatic rings. The molecule has 0 bridgehead atoms. The number of rotatable bonds is 3. The maximum atomic E-state index is 11.6. The molecule has 98 valence electrons. The van der Waals surface area contributed by atoms with Crippen LogP contribution in [0.1, 0.15) is 19.6 Å². The van der Waals surface area contributed by atoms with Crippen LogP contribution in [0.4, 0.5) is 0 Å². The highest BCUT2D eigenvalue weighted by atomic mass is 16.5. The second-order valence-electron chi connectivity index (χ2n) is 4.28. The smallest absolute Gasteiger partial charge is 0.330 e. The van der Waals surface area contributed by atoms with Crippen LogP contribution >= 0.6 is 0 Å². The number of aliphatic hydroxyl groups is 1. The van der Waals surface area contributed by atoms with E-state index in [1.807, 2.05) is 0 Å². The Kier molecular flexibility index (Phi) is 3.44. The fraction of sp³-hybridized carbons (Fsp3) is 0.545. The zero-order valence-electron chi connectivity index (χ0n) is 9.83. The SMILES string of the molecule is CC(=O)[C@H]1C[C@H](n2ccc(=O)[nH]c2=O)O[C@@H]1CO. The summed E-state index contributed by atoms with van der Waals surface area (Å²) in [6.45, 7) is 1.15. The van der Waals surface area contributed by atoms with Gasteiger partial charge in [0.05, 0.1) is 18.6 Å². The number of carbonyl (C=O) groups is 1. The first-order valence-electron chi connectivity index (χ1n) is 5.61. The molecule has 0 amide bonds. The summed E-state index contributed by atoms with van der Waals surface area (Å²) >= 11 is 0. The predicted molar refractivity (Wildman–Crippen MR) is 61.1 cm³/mol. The third kappa shape index (κ3) is 2.27. The molecule has 3 atom stereocenters. The van der Waals surface area contributed by atoms with Gasteiger partial charge in [-0.25, -0.2) is 4.79 Å². The quantitative estimate of drug-likeness (QED) is 0.722. The van der Waals surface area contributed by atoms with Crippen LogP contribution in [0.2, 0.25) is 0 Å². The topological polar surface area (TPSA) is 101 Å². The van der Waals surface area contributed by atoms with Gasteiger partial charge in [-0.15, -0.1) is 0 Å². The molecule has 1 aliphatic rings. The number of nitrogens with one attached hydrogen (secondary N) is 1. The van der Waals surface area contributed by atoms with E-state index in [2.05, 4.69) is 4.98 Å². The second kappa shape index (κ2) is 4.87. The fourth-order valence-corrected chi connectivity index (χ4v) is 2.15. The summed E-state index contributed by atoms with van der Waals surface area (Å²) in [5, 5.41) is 9.14. The molecule has 1 fully saturated rings. The Morgan fingerprint density at radius 1 is 1.61 bits per heavy atom. The normalized spacial score (nSPS) is 27.3. The Hall–Kier alpha value is -1.73. The molecule has 1 aliphatic heterocycles. The fourth-order valence-electron chi connectivity index (χ4n) is 2.15. The zero-order chi connectivity index (χ0) is 13.3. The molecule has 0 spiro atoms. The molecule has 0 unspecified atom stereocenters. The monoisotopic (exact) mass is 254 g/mol. The summed E-state index contributed by atoms with van der Waals surface area (Å²) in [6.07, 6.45) is 0.390. The van der Waals surface area contributed by atoms with Crippen LogP contribution in [-0.2, 0) is 9.53 Å². The lowest BCUT2D eigenvalue weighted by Crippen LogP contribution is -2.31. The Balaban J connectivity index is 2.28. The van der Waals surface area contributed by atoms with E-state index in [1.165, 1.54) is 23.8 Å². The van der Waals surface area contributed by atoms with Crippen molar-refractivity contribution in [2.75, 3.05) is 6.61 Å². The lowest BCUT2D eigenvalue weighted by molar-refractivity contribution is -0.123. The standard InChI is InChI=1S/C11H14N2O5/c1-6(15)7-4-10(18-8(7)5-14)13-3-2-9(16)12-11(13)17/h2-3,7-8,10,14H,4-5H2,1H3,(H,12,16,17)/t7-,8-,10-/m1/s1. The molecule has 0 saturated carbocycles. The second-order valence-corrected chi connectivity index (χ2v) is 4.28. The third-order valence-electron chi connectivity index (χ3n) is 3.10. The Morgan fingerprint density at radius 3 is 2.83 bits per heavy atom. The number of nitrogens with zero attached hydrogens (tertiary/aromatic N) is 1. The minimum Gasteiger partial charge on any atom is -0.394 e. The first-order valence-corrected chi connectivity index (χ1v) is 5.61. The van der Waals surface area contributed by atoms with Gasteiger partial charge in [-0.1, -0.05) is 0 Å². The van der Waals surface area contributed by atoms with Gasteiger partial charge >= 0.3 is 5.69 Å². The van der Waals surface area contributed by atoms with Gasteiger partial charge in [-0.05, 0) is 6.92 Å². The van der Waals surface area contributed by atoms with Crippen molar-refractivity contribution in [3.05, 3.63) is 33.1 Å². The number of ether oxygens (including phenoxy) is 1. The molecule has 2 N–H and O–H groups in total. The summed E-state index contributed by atoms with van der Waals surface area (Å²) in [6, 6.07) is 1.21. The van der Waals surface area contributed by atoms with E-state index < -0.39 is 29.5 Å². The van der Waals surface area contributed by atoms with Crippen LogP contribution in [0.25, 0.3) is 0 Å². The molecule has 1 saturated heterocycles. The van der Waals surface area contributed by atoms with Gasteiger partial charge in [0.25, 0.3) is 5.56 Å². The number of aromatic nitrogens is 2. The minimum absolute atomic E-state index is 0.0889. The maximum absolute atomic E-state index is 11.6. The van der Waals surface area contributed by atoms with Crippen molar-refractivity contribution in [2.24, 2.45) is 5.92 Å². The molecule has 1 aromatic heterocycles. The van der Waals surface area contributed by atoms with Crippen LogP contribution in [0, 0.1) is 5.92 Å². The molecule has 2 heterocycles. The number of hydrogen-bond donors (Lipinski definition) is 2. The van der Waals surface area contributed by atoms with Crippen LogP contribution in [0.15, 0.2) is 21.9 Å². The van der Waals surface area contributed by atoms with E-state index in [0.29, 0.717) is 6.42 Å². The van der Waals surface area contributed by atoms with Crippen LogP contribution in [0.5, 0.6) is 0 Å². The number of ketones is 1. The van der Waals surface area contributed by atoms with Crippen LogP contribution in [0.3, 0.4) is 0 Å². The largest absolute Gasteiger partial charge is 0.394 e. The molecule has 0 radical (unpaired) electrons. The number of carbonyl (C=O) groups excluding carboxylic acids is 1. The molecule has 7 heteroatoms. The van der Waals surface area contributed by atoms with Crippen LogP contribution in [-0.4, -0.2) is 33.2 Å². The van der Waals surface area contributed by atoms with Gasteiger partial charge in [0.1, 0.15) is 12.0 Å². The maximum Gasteiger partial charge on any atom is 0.330 e. The van der Waals surface area contributed by atoms with E-state index in [1.54, 1.807) is 0 Å². The van der Waals surface area contributed by atoms with Gasteiger partial charge in [0, 0.05) is 18.7 Å². The number of Topliss-reactive ketones (excluding diaryl/α,β-unsaturated/α-hetero) is 1. The summed E-state index contributed by atoms with van der Waals surface area (Å²) < 4.78 is 6.68. The van der Waals surface area contributed by atoms with E-state index in [-0.39, 0.29) is 12.4 Å². The minimum atomic E-state index is -0.639. The van der Waals surface area contributed by atoms with Gasteiger partial charge in [-0.2, -0.15) is 0 Å². The first kappa shape index (κ1) is 12.7. The summed E-state index contributed by atoms with van der Waals surface area (Å²) in [5.74, 6) is -0.521. The highest BCUT2D eigenvalue weighted by Gasteiger charge is 2.38. The molecule has 0 aromatic carbocycles. The molecule has 7 nitrogen and oxygen atoms in total. The van der Waals surface area contributed by atoms with Crippen molar-refractivity contribution >= 4 is 5.78 Å². The number of H-pyrrole nitrogens is 1. The van der Waals surface area contributed by atoms with E-state index in [4.69, 9.17) is 9.84 Å². The third-order valence-corrected chi connectivity index (χ3v) is 3.10. The van der Waals surface area contributed by atoms with Gasteiger partial charge in [0.2, 0.25) is 0 Å². The lowest BCUT2D eigenvalue weighted by atomic mass is 9.97. The van der Waals surface area contributed by atoms with Crippen molar-refractivity contribution in [3.63, 3.8) is 0 Å². The molecular weight excluding hydrogens is 240 g/mol. The Morgan fingerprint density at radius 2 is 2.33 bits per heavy atom. The number of aromatic amines is 1. The lowest BCUT2D eigenvalue weighted by Gasteiger charge is -2.14. The van der Waals surface area contributed by atoms with E-state index in [0.717, 1.165) is 0 Å². The van der Waals surface area contributed by atoms with Crippen molar-refractivity contribution in [3.8, 4) is 0 Å². The van der Waals surface area contributed by atoms with Crippen molar-refractivity contribution in [2.45, 2.75) is 25.7 Å². The molecule has 2 rings (SSSR count). The summed E-state index contributed by atoms with van der Waals surface area (Å²) in [4.78, 5) is 36.0. The van der Waals surface area contributed by atoms with Crippen molar-refractivity contribution in [1.29, 1.82) is 0 Å². The van der Waals surface area contributed by atoms with E-state index >= 15 is 0 Å². The van der Waals surface area contributed by atoms with Crippen molar-refractivity contribution < 1.29 is 14.6 Å². The highest BCUT2D eigenvalue weighted by Crippen LogP contribution is 2.32. The van der Waals surface area contributed by atoms with Gasteiger partial charge in [0.15, 0.2) is 0 Å². The number of hydrogen-bond acceptors (Lipinski definition) is 5. The predicted octanol–water partition coefficient (Wildman–Crippen LogP) is -0.978. The highest BCUT2D eigenvalue weighted by molar-refractivity contribution is 5.79. The summed E-state index contributed by atoms with van der Waals surface area (Å²) in [5.41, 5.74) is -1.08. The van der Waals surface area contributed by atoms with Crippen molar-refractivity contribution in [1.82, 2.24) is 9.55 Å². The Labute approximate surface area is 102 Å². The van der Waals surface area contributed by atoms with E-state index in [9.17, 15) is 14.4 Å². The molecular formula is C11H14N2O5.